The Hall–Kier alpha value is -2.37. The van der Waals surface area contributed by atoms with Gasteiger partial charge in [0.2, 0.25) is 5.75 Å². The number of unbranched alkanes of at least 4 members (excludes halogenated alkanes) is 1. The van der Waals surface area contributed by atoms with Gasteiger partial charge in [-0.15, -0.1) is 13.2 Å². The smallest absolute Gasteiger partial charge is 0.399 e. The second-order valence-corrected chi connectivity index (χ2v) is 8.86. The van der Waals surface area contributed by atoms with Crippen molar-refractivity contribution in [2.45, 2.75) is 70.6 Å². The molecule has 2 aliphatic carbocycles. The molecule has 6 heteroatoms. The maximum absolute atomic E-state index is 14.2. The average Bonchev–Trinajstić information content (AvgIpc) is 2.75. The molecule has 4 rings (SSSR count). The highest BCUT2D eigenvalue weighted by Crippen LogP contribution is 2.40. The first-order chi connectivity index (χ1) is 15.2. The lowest BCUT2D eigenvalue weighted by atomic mass is 9.74. The Balaban J connectivity index is 1.52. The van der Waals surface area contributed by atoms with Gasteiger partial charge in [0.05, 0.1) is 0 Å². The fourth-order valence-electron chi connectivity index (χ4n) is 5.13. The summed E-state index contributed by atoms with van der Waals surface area (Å²) in [5, 5.41) is 0. The molecule has 2 aromatic rings. The Morgan fingerprint density at radius 2 is 1.59 bits per heavy atom. The van der Waals surface area contributed by atoms with Crippen molar-refractivity contribution in [2.24, 2.45) is 5.92 Å². The molecule has 0 bridgehead atoms. The normalized spacial score (nSPS) is 20.8. The molecule has 172 valence electrons. The second-order valence-electron chi connectivity index (χ2n) is 8.86. The van der Waals surface area contributed by atoms with Crippen LogP contribution in [0.15, 0.2) is 36.4 Å². The summed E-state index contributed by atoms with van der Waals surface area (Å²) in [6.45, 7) is 2.17. The summed E-state index contributed by atoms with van der Waals surface area (Å²) in [6, 6.07) is 6.25. The standard InChI is InChI=1S/C26H27F5O/c1-2-3-4-5-16-6-10-21-18(12-16)7-8-19-13-17(9-11-22(19)21)20-14-23(27)25(24(28)15-20)32-26(29,30)31/h4-5,7-8,14-17H,2-3,6,9-13H2,1H3/b5-4+. The maximum atomic E-state index is 14.2. The lowest BCUT2D eigenvalue weighted by Gasteiger charge is -2.31. The Bertz CT molecular complexity index is 985. The monoisotopic (exact) mass is 450 g/mol. The van der Waals surface area contributed by atoms with E-state index >= 15 is 0 Å². The third-order valence-electron chi connectivity index (χ3n) is 6.65. The van der Waals surface area contributed by atoms with Crippen molar-refractivity contribution in [3.8, 4) is 5.75 Å². The van der Waals surface area contributed by atoms with Crippen LogP contribution in [-0.2, 0) is 25.7 Å². The van der Waals surface area contributed by atoms with Crippen molar-refractivity contribution in [3.63, 3.8) is 0 Å². The van der Waals surface area contributed by atoms with Crippen molar-refractivity contribution in [1.29, 1.82) is 0 Å². The zero-order valence-electron chi connectivity index (χ0n) is 18.1. The largest absolute Gasteiger partial charge is 0.573 e. The third kappa shape index (κ3) is 5.00. The number of rotatable bonds is 5. The van der Waals surface area contributed by atoms with Gasteiger partial charge >= 0.3 is 6.36 Å². The van der Waals surface area contributed by atoms with E-state index in [0.29, 0.717) is 24.3 Å². The molecular weight excluding hydrogens is 423 g/mol. The molecule has 0 saturated carbocycles. The fourth-order valence-corrected chi connectivity index (χ4v) is 5.13. The predicted octanol–water partition coefficient (Wildman–Crippen LogP) is 7.60. The zero-order chi connectivity index (χ0) is 22.9. The van der Waals surface area contributed by atoms with Crippen LogP contribution < -0.4 is 4.74 Å². The van der Waals surface area contributed by atoms with E-state index in [0.717, 1.165) is 50.7 Å². The molecular formula is C26H27F5O. The van der Waals surface area contributed by atoms with Gasteiger partial charge in [0.1, 0.15) is 0 Å². The molecule has 2 aromatic carbocycles. The van der Waals surface area contributed by atoms with Gasteiger partial charge in [-0.05, 0) is 96.7 Å². The van der Waals surface area contributed by atoms with Crippen molar-refractivity contribution in [2.75, 3.05) is 0 Å². The molecule has 2 aliphatic rings. The highest BCUT2D eigenvalue weighted by atomic mass is 19.4. The summed E-state index contributed by atoms with van der Waals surface area (Å²) in [4.78, 5) is 0. The van der Waals surface area contributed by atoms with Gasteiger partial charge in [0.15, 0.2) is 11.6 Å². The number of hydrogen-bond donors (Lipinski definition) is 0. The van der Waals surface area contributed by atoms with Crippen LogP contribution in [0.4, 0.5) is 22.0 Å². The molecule has 0 N–H and O–H groups in total. The number of halogens is 5. The number of alkyl halides is 3. The Morgan fingerprint density at radius 1 is 0.969 bits per heavy atom. The Morgan fingerprint density at radius 3 is 2.22 bits per heavy atom. The molecule has 2 unspecified atom stereocenters. The fraction of sp³-hybridized carbons (Fsp3) is 0.462. The lowest BCUT2D eigenvalue weighted by molar-refractivity contribution is -0.276. The van der Waals surface area contributed by atoms with E-state index in [1.807, 2.05) is 0 Å². The van der Waals surface area contributed by atoms with Gasteiger partial charge < -0.3 is 4.74 Å². The van der Waals surface area contributed by atoms with E-state index in [1.54, 1.807) is 0 Å². The lowest BCUT2D eigenvalue weighted by Crippen LogP contribution is -2.21. The minimum Gasteiger partial charge on any atom is -0.399 e. The summed E-state index contributed by atoms with van der Waals surface area (Å²) in [5.41, 5.74) is 5.72. The minimum absolute atomic E-state index is 0.141. The van der Waals surface area contributed by atoms with Crippen molar-refractivity contribution in [1.82, 2.24) is 0 Å². The maximum Gasteiger partial charge on any atom is 0.573 e. The Labute approximate surface area is 185 Å². The zero-order valence-corrected chi connectivity index (χ0v) is 18.1. The van der Waals surface area contributed by atoms with E-state index in [-0.39, 0.29) is 5.92 Å². The van der Waals surface area contributed by atoms with Gasteiger partial charge in [-0.2, -0.15) is 0 Å². The molecule has 1 nitrogen and oxygen atoms in total. The van der Waals surface area contributed by atoms with E-state index in [9.17, 15) is 22.0 Å². The molecule has 2 atom stereocenters. The highest BCUT2D eigenvalue weighted by Gasteiger charge is 2.35. The summed E-state index contributed by atoms with van der Waals surface area (Å²) in [6.07, 6.45) is 7.10. The first kappa shape index (κ1) is 22.8. The van der Waals surface area contributed by atoms with Gasteiger partial charge in [-0.3, -0.25) is 0 Å². The summed E-state index contributed by atoms with van der Waals surface area (Å²) < 4.78 is 69.1. The van der Waals surface area contributed by atoms with Crippen LogP contribution in [0.1, 0.15) is 66.3 Å². The van der Waals surface area contributed by atoms with E-state index in [1.165, 1.54) is 22.3 Å². The summed E-state index contributed by atoms with van der Waals surface area (Å²) in [5.74, 6) is -3.61. The average molecular weight is 450 g/mol. The van der Waals surface area contributed by atoms with Gasteiger partial charge in [-0.25, -0.2) is 8.78 Å². The Kier molecular flexibility index (Phi) is 6.59. The number of allylic oxidation sites excluding steroid dienone is 2. The number of benzene rings is 2. The quantitative estimate of drug-likeness (QED) is 0.337. The molecule has 0 heterocycles. The molecule has 32 heavy (non-hydrogen) atoms. The van der Waals surface area contributed by atoms with E-state index in [4.69, 9.17) is 0 Å². The minimum atomic E-state index is -5.14. The van der Waals surface area contributed by atoms with Crippen LogP contribution in [0.25, 0.3) is 0 Å². The van der Waals surface area contributed by atoms with E-state index < -0.39 is 23.7 Å². The molecule has 0 aliphatic heterocycles. The summed E-state index contributed by atoms with van der Waals surface area (Å²) in [7, 11) is 0. The molecule has 0 spiro atoms. The number of ether oxygens (including phenoxy) is 1. The SMILES string of the molecule is CCC/C=C/C1CCc2c(ccc3c2CCC(c2cc(F)c(OC(F)(F)F)c(F)c2)C3)C1. The molecule has 0 fully saturated rings. The first-order valence-electron chi connectivity index (χ1n) is 11.3. The van der Waals surface area contributed by atoms with Gasteiger partial charge in [-0.1, -0.05) is 37.6 Å². The van der Waals surface area contributed by atoms with Gasteiger partial charge in [0.25, 0.3) is 0 Å². The van der Waals surface area contributed by atoms with Crippen molar-refractivity contribution in [3.05, 3.63) is 75.9 Å². The van der Waals surface area contributed by atoms with Crippen LogP contribution in [0.5, 0.6) is 5.75 Å². The van der Waals surface area contributed by atoms with Crippen LogP contribution >= 0.6 is 0 Å². The van der Waals surface area contributed by atoms with Crippen LogP contribution in [0.3, 0.4) is 0 Å². The van der Waals surface area contributed by atoms with E-state index in [2.05, 4.69) is 35.9 Å². The number of hydrogen-bond acceptors (Lipinski definition) is 1. The van der Waals surface area contributed by atoms with Crippen LogP contribution in [0.2, 0.25) is 0 Å². The molecule has 0 amide bonds. The molecule has 0 saturated heterocycles. The van der Waals surface area contributed by atoms with Crippen molar-refractivity contribution < 1.29 is 26.7 Å². The summed E-state index contributed by atoms with van der Waals surface area (Å²) >= 11 is 0. The second kappa shape index (κ2) is 9.24. The van der Waals surface area contributed by atoms with Gasteiger partial charge in [0, 0.05) is 0 Å². The first-order valence-corrected chi connectivity index (χ1v) is 11.3. The number of fused-ring (bicyclic) bond motifs is 3. The van der Waals surface area contributed by atoms with Crippen molar-refractivity contribution >= 4 is 0 Å². The predicted molar refractivity (Wildman–Crippen MR) is 114 cm³/mol. The molecule has 0 aromatic heterocycles. The van der Waals surface area contributed by atoms with Crippen LogP contribution in [-0.4, -0.2) is 6.36 Å². The molecule has 0 radical (unpaired) electrons. The van der Waals surface area contributed by atoms with Crippen LogP contribution in [0, 0.1) is 17.6 Å². The third-order valence-corrected chi connectivity index (χ3v) is 6.65. The topological polar surface area (TPSA) is 9.23 Å². The highest BCUT2D eigenvalue weighted by molar-refractivity contribution is 5.46.